The predicted octanol–water partition coefficient (Wildman–Crippen LogP) is -3.39. The summed E-state index contributed by atoms with van der Waals surface area (Å²) in [6.07, 6.45) is -27.6. The fraction of sp³-hybridized carbons (Fsp3) is 0.544. The van der Waals surface area contributed by atoms with Gasteiger partial charge in [0.15, 0.2) is 33.8 Å². The lowest BCUT2D eigenvalue weighted by atomic mass is 10.2. The van der Waals surface area contributed by atoms with E-state index in [0.29, 0.717) is 0 Å². The Morgan fingerprint density at radius 2 is 0.657 bits per heavy atom. The molecule has 140 heavy (non-hydrogen) atoms. The summed E-state index contributed by atoms with van der Waals surface area (Å²) in [5.74, 6) is -1.28. The van der Waals surface area contributed by atoms with Gasteiger partial charge < -0.3 is 101 Å². The third kappa shape index (κ3) is 22.7. The maximum absolute atomic E-state index is 14.6. The molecule has 27 atom stereocenters. The van der Waals surface area contributed by atoms with Crippen LogP contribution in [0, 0.1) is 13.8 Å². The van der Waals surface area contributed by atoms with E-state index in [4.69, 9.17) is 116 Å². The Bertz CT molecular complexity index is 7200. The van der Waals surface area contributed by atoms with Crippen molar-refractivity contribution in [2.45, 2.75) is 188 Å². The van der Waals surface area contributed by atoms with Crippen LogP contribution in [0.4, 0.5) is 29.4 Å². The van der Waals surface area contributed by atoms with E-state index in [1.807, 2.05) is 0 Å². The van der Waals surface area contributed by atoms with Gasteiger partial charge in [-0.15, -0.1) is 0 Å². The maximum Gasteiger partial charge on any atom is 0.472 e. The number of hydrogen-bond acceptors (Lipinski definition) is 49. The number of phosphoric ester groups is 6. The molecule has 0 bridgehead atoms. The molecule has 0 amide bonds. The summed E-state index contributed by atoms with van der Waals surface area (Å²) in [7, 11) is -33.4. The number of aliphatic hydroxyl groups is 2. The highest BCUT2D eigenvalue weighted by atomic mass is 31.2. The summed E-state index contributed by atoms with van der Waals surface area (Å²) in [5.41, 5.74) is 21.5. The number of anilines is 5. The lowest BCUT2D eigenvalue weighted by Crippen LogP contribution is -2.33. The minimum atomic E-state index is -5.74. The zero-order chi connectivity index (χ0) is 99.9. The normalized spacial score (nSPS) is 29.7. The number of phosphoric acid groups is 6. The van der Waals surface area contributed by atoms with Gasteiger partial charge in [-0.1, -0.05) is 0 Å². The van der Waals surface area contributed by atoms with Crippen molar-refractivity contribution in [1.82, 2.24) is 96.8 Å². The number of fused-ring (bicyclic) bond motifs is 3. The number of imidazole rings is 3. The molecule has 17 heterocycles. The minimum absolute atomic E-state index is 0.0170. The number of nitrogens with zero attached hydrogens (tertiary/aromatic N) is 16. The number of hydrogen-bond donors (Lipinski definition) is 17. The number of aromatic amines is 4. The van der Waals surface area contributed by atoms with Crippen molar-refractivity contribution in [3.63, 3.8) is 0 Å². The van der Waals surface area contributed by atoms with Crippen LogP contribution in [0.15, 0.2) is 101 Å². The Balaban J connectivity index is 0.577. The largest absolute Gasteiger partial charge is 0.472 e. The molecule has 0 aromatic carbocycles. The molecule has 17 rings (SSSR count). The molecule has 22 N–H and O–H groups in total. The molecule has 66 nitrogen and oxygen atoms in total. The van der Waals surface area contributed by atoms with Crippen LogP contribution in [0.5, 0.6) is 0 Å². The zero-order valence-electron chi connectivity index (χ0n) is 72.1. The van der Waals surface area contributed by atoms with E-state index in [2.05, 4.69) is 64.8 Å². The van der Waals surface area contributed by atoms with Gasteiger partial charge in [0.05, 0.1) is 71.3 Å². The monoisotopic (exact) mass is 2100 g/mol. The standard InChI is InChI=1S/C68H87N25O41P6/c1-27-14-89(67(102)85-59(27)96)45-7-29(95)37(123-45)17-116-135(104,105)130-31-9-46(87-5-3-43(69)79-65(87)100)125-39(31)19-118-139(112,113)134-35-13-51(93-26-78-54-58(93)82-64(73)84-62(54)99)128-42(35)22-121-138(110,111)132-33-11-48(90-15-28(2)60(97)86-68(90)103)126-40(33)20-119-140(114,115)133-34-12-49(91-24-76-52-55(71)74-23-75-56(52)91)127-41(34)21-120-137(108,109)131-32-10-47(88-6-4-44(70)80-66(88)101)124-38(32)18-117-136(106,107)129-30-8-50(122-36(30)16-94)92-25-77-53-57(92)81-63(72)83-61(53)98/h3-6,14-15,23-26,29-42,45-51,94-95H,7-13,16-22H2,1-2H3,(H,104,105)(H,106,107)(H,108,109)(H,110,111)(H,112,113)(H,114,115)(H2,69,79,100)(H2,70,80,101)(H2,71,74,75)(H,85,96,102)(H,86,97,103)(H3,72,81,83,98)(H3,73,82,84,99)/t29-,30-,31-,32-,33-,34-,35-,36+,37+,38+,39+,40+,41+,42+,45+,46+,47+,48+,49+,50+,51+/m0/s1. The summed E-state index contributed by atoms with van der Waals surface area (Å²) in [4.78, 5) is 217. The third-order valence-corrected chi connectivity index (χ3v) is 29.0. The maximum atomic E-state index is 14.6. The molecular weight excluding hydrogens is 2010 g/mol. The van der Waals surface area contributed by atoms with E-state index in [-0.39, 0.29) is 80.9 Å². The fourth-order valence-corrected chi connectivity index (χ4v) is 22.1. The van der Waals surface area contributed by atoms with Crippen molar-refractivity contribution in [2.75, 3.05) is 74.9 Å². The number of aromatic nitrogens is 20. The topological polar surface area (TPSA) is 920 Å². The number of aryl methyl sites for hydroxylation is 2. The van der Waals surface area contributed by atoms with Crippen LogP contribution in [0.2, 0.25) is 0 Å². The molecular formula is C68H87N25O41P6. The smallest absolute Gasteiger partial charge is 0.394 e. The number of nitrogens with one attached hydrogen (secondary N) is 4. The molecule has 72 heteroatoms. The van der Waals surface area contributed by atoms with Crippen LogP contribution >= 0.6 is 46.9 Å². The number of rotatable bonds is 38. The fourth-order valence-electron chi connectivity index (χ4n) is 16.3. The molecule has 7 saturated heterocycles. The van der Waals surface area contributed by atoms with Gasteiger partial charge in [0.2, 0.25) is 11.9 Å². The van der Waals surface area contributed by atoms with Crippen LogP contribution < -0.4 is 73.7 Å². The number of aliphatic hydroxyl groups excluding tert-OH is 2. The van der Waals surface area contributed by atoms with Crippen molar-refractivity contribution in [2.24, 2.45) is 0 Å². The van der Waals surface area contributed by atoms with Crippen LogP contribution in [-0.2, 0) is 115 Å². The second-order valence-corrected chi connectivity index (χ2v) is 40.9. The Morgan fingerprint density at radius 3 is 1.00 bits per heavy atom. The van der Waals surface area contributed by atoms with E-state index >= 15 is 0 Å². The van der Waals surface area contributed by atoms with Gasteiger partial charge in [0, 0.05) is 80.9 Å². The van der Waals surface area contributed by atoms with Crippen molar-refractivity contribution < 1.29 is 154 Å². The molecule has 0 aliphatic carbocycles. The molecule has 10 aromatic heterocycles. The predicted molar refractivity (Wildman–Crippen MR) is 459 cm³/mol. The summed E-state index contributed by atoms with van der Waals surface area (Å²) in [5, 5.41) is 21.2. The van der Waals surface area contributed by atoms with Crippen LogP contribution in [0.3, 0.4) is 0 Å². The molecule has 10 aromatic rings. The van der Waals surface area contributed by atoms with Crippen molar-refractivity contribution in [1.29, 1.82) is 0 Å². The van der Waals surface area contributed by atoms with Crippen molar-refractivity contribution in [3.8, 4) is 0 Å². The lowest BCUT2D eigenvalue weighted by molar-refractivity contribution is -0.0653. The van der Waals surface area contributed by atoms with Gasteiger partial charge in [-0.2, -0.15) is 19.9 Å². The van der Waals surface area contributed by atoms with E-state index in [0.717, 1.165) is 54.1 Å². The van der Waals surface area contributed by atoms with Gasteiger partial charge in [-0.05, 0) is 26.0 Å². The zero-order valence-corrected chi connectivity index (χ0v) is 77.4. The highest BCUT2D eigenvalue weighted by molar-refractivity contribution is 7.48. The summed E-state index contributed by atoms with van der Waals surface area (Å²) in [6.45, 7) is -4.62. The van der Waals surface area contributed by atoms with Crippen LogP contribution in [0.1, 0.15) is 99.7 Å². The van der Waals surface area contributed by atoms with Gasteiger partial charge in [0.1, 0.15) is 146 Å². The first kappa shape index (κ1) is 101. The van der Waals surface area contributed by atoms with Gasteiger partial charge in [-0.25, -0.2) is 71.5 Å². The average Bonchev–Trinajstić information content (AvgIpc) is 1.62. The molecule has 7 aliphatic heterocycles. The first-order valence-electron chi connectivity index (χ1n) is 41.7. The van der Waals surface area contributed by atoms with Gasteiger partial charge in [-0.3, -0.25) is 125 Å². The number of nitrogens with two attached hydrogens (primary N) is 5. The molecule has 0 saturated carbocycles. The molecule has 6 unspecified atom stereocenters. The second-order valence-electron chi connectivity index (χ2n) is 32.4. The summed E-state index contributed by atoms with van der Waals surface area (Å²) in [6, 6.07) is 2.39. The van der Waals surface area contributed by atoms with Crippen LogP contribution in [0.25, 0.3) is 33.5 Å². The molecule has 0 radical (unpaired) electrons. The highest BCUT2D eigenvalue weighted by Crippen LogP contribution is 2.58. The van der Waals surface area contributed by atoms with Gasteiger partial charge >= 0.3 is 69.7 Å². The minimum Gasteiger partial charge on any atom is -0.394 e. The highest BCUT2D eigenvalue weighted by Gasteiger charge is 2.53. The first-order chi connectivity index (χ1) is 66.2. The Kier molecular flexibility index (Phi) is 29.0. The molecule has 0 spiro atoms. The Labute approximate surface area is 777 Å². The molecule has 7 aliphatic rings. The molecule has 7 fully saturated rings. The average molecular weight is 2100 g/mol. The third-order valence-electron chi connectivity index (χ3n) is 22.9. The quantitative estimate of drug-likeness (QED) is 0.0168. The van der Waals surface area contributed by atoms with Crippen molar-refractivity contribution >= 4 is 110 Å². The molecule has 760 valence electrons. The lowest BCUT2D eigenvalue weighted by Gasteiger charge is -2.26. The van der Waals surface area contributed by atoms with E-state index in [1.54, 1.807) is 0 Å². The number of ether oxygens (including phenoxy) is 7. The first-order valence-corrected chi connectivity index (χ1v) is 50.7. The number of H-pyrrole nitrogens is 4. The number of nitrogen functional groups attached to an aromatic ring is 5. The SMILES string of the molecule is Cc1cn([C@H]2C[C@H](OP(=O)(O)OC[C@H]3O[C@@H](n4cnc5c(=O)[nH]c(N)nc54)C[C@@H]3OP(=O)(O)OC[C@H]3O[C@@H](n4ccc(N)nc4=O)C[C@@H]3OP(=O)(O)OC[C@H]3O[C@@H](n4cc(C)c(=O)[nH]c4=O)C[C@@H]3O)[C@@H](COP(=O)(O)O[C@H]3C[C@H](n4cnc5c(N)ncnc54)O[C@@H]3COP(=O)(O)O[C@H]3C[C@H](n4ccc(N)nc4=O)O[C@@H]3COP(=O)(O)O[C@H]3C[C@H](n4cnc5c(=O)[nH]c(N)nc54)O[C@@H]3CO)O2)c(=O)[nH]c1=O. The second kappa shape index (κ2) is 40.1. The van der Waals surface area contributed by atoms with Crippen molar-refractivity contribution in [3.05, 3.63) is 157 Å². The van der Waals surface area contributed by atoms with E-state index in [9.17, 15) is 105 Å². The Morgan fingerprint density at radius 1 is 0.364 bits per heavy atom. The summed E-state index contributed by atoms with van der Waals surface area (Å²) >= 11 is 0. The van der Waals surface area contributed by atoms with Gasteiger partial charge in [0.25, 0.3) is 22.2 Å². The van der Waals surface area contributed by atoms with Crippen LogP contribution in [-0.4, -0.2) is 268 Å². The van der Waals surface area contributed by atoms with E-state index in [1.165, 1.54) is 54.0 Å². The Hall–Kier alpha value is -10.3. The van der Waals surface area contributed by atoms with E-state index < -0.39 is 305 Å². The summed E-state index contributed by atoms with van der Waals surface area (Å²) < 4.78 is 201.